The Hall–Kier alpha value is -3.29. The number of rotatable bonds is 3. The highest BCUT2D eigenvalue weighted by molar-refractivity contribution is 5.93. The second-order valence-corrected chi connectivity index (χ2v) is 5.63. The highest BCUT2D eigenvalue weighted by Crippen LogP contribution is 2.37. The summed E-state index contributed by atoms with van der Waals surface area (Å²) in [5, 5.41) is 0. The summed E-state index contributed by atoms with van der Waals surface area (Å²) in [5.74, 6) is 0.810. The topological polar surface area (TPSA) is 66.1 Å². The maximum absolute atomic E-state index is 12.9. The summed E-state index contributed by atoms with van der Waals surface area (Å²) in [5.41, 5.74) is -5.24. The molecule has 148 valence electrons. The third-order valence-electron chi connectivity index (χ3n) is 3.57. The SMILES string of the molecule is C#CCN(C)C(=O)c1cnc(-c2cc(C(F)(F)F)cc(C(F)(F)F)c2)[nH]c1=O. The van der Waals surface area contributed by atoms with Crippen LogP contribution >= 0.6 is 0 Å². The molecule has 1 aromatic carbocycles. The zero-order valence-corrected chi connectivity index (χ0v) is 14.1. The Morgan fingerprint density at radius 2 is 1.68 bits per heavy atom. The zero-order chi connectivity index (χ0) is 21.3. The van der Waals surface area contributed by atoms with E-state index in [1.165, 1.54) is 7.05 Å². The van der Waals surface area contributed by atoms with Crippen molar-refractivity contribution >= 4 is 5.91 Å². The molecule has 0 aliphatic rings. The van der Waals surface area contributed by atoms with Crippen molar-refractivity contribution in [3.8, 4) is 23.7 Å². The lowest BCUT2D eigenvalue weighted by Crippen LogP contribution is -2.32. The van der Waals surface area contributed by atoms with E-state index in [9.17, 15) is 35.9 Å². The van der Waals surface area contributed by atoms with Gasteiger partial charge in [0.1, 0.15) is 11.4 Å². The summed E-state index contributed by atoms with van der Waals surface area (Å²) in [6, 6.07) is 0.785. The van der Waals surface area contributed by atoms with E-state index < -0.39 is 51.9 Å². The second-order valence-electron chi connectivity index (χ2n) is 5.63. The van der Waals surface area contributed by atoms with Crippen LogP contribution in [-0.2, 0) is 12.4 Å². The fourth-order valence-electron chi connectivity index (χ4n) is 2.20. The van der Waals surface area contributed by atoms with Gasteiger partial charge in [0.25, 0.3) is 11.5 Å². The van der Waals surface area contributed by atoms with Crippen LogP contribution in [-0.4, -0.2) is 34.4 Å². The third-order valence-corrected chi connectivity index (χ3v) is 3.57. The molecule has 0 fully saturated rings. The van der Waals surface area contributed by atoms with E-state index >= 15 is 0 Å². The summed E-state index contributed by atoms with van der Waals surface area (Å²) in [6.45, 7) is -0.122. The first kappa shape index (κ1) is 21.0. The number of alkyl halides is 6. The molecule has 1 N–H and O–H groups in total. The molecule has 0 bridgehead atoms. The van der Waals surface area contributed by atoms with Crippen LogP contribution in [0.5, 0.6) is 0 Å². The molecular weight excluding hydrogens is 392 g/mol. The Labute approximate surface area is 154 Å². The van der Waals surface area contributed by atoms with E-state index in [1.807, 2.05) is 4.98 Å². The number of nitrogens with one attached hydrogen (secondary N) is 1. The smallest absolute Gasteiger partial charge is 0.330 e. The molecule has 2 aromatic rings. The van der Waals surface area contributed by atoms with Crippen molar-refractivity contribution in [2.24, 2.45) is 0 Å². The molecule has 1 heterocycles. The predicted octanol–water partition coefficient (Wildman–Crippen LogP) is 3.18. The maximum atomic E-state index is 12.9. The lowest BCUT2D eigenvalue weighted by atomic mass is 10.0. The van der Waals surface area contributed by atoms with Crippen molar-refractivity contribution in [1.82, 2.24) is 14.9 Å². The molecule has 0 radical (unpaired) electrons. The van der Waals surface area contributed by atoms with Gasteiger partial charge in [-0.3, -0.25) is 9.59 Å². The Kier molecular flexibility index (Phi) is 5.54. The van der Waals surface area contributed by atoms with Crippen molar-refractivity contribution in [2.75, 3.05) is 13.6 Å². The van der Waals surface area contributed by atoms with E-state index in [4.69, 9.17) is 6.42 Å². The first-order valence-electron chi connectivity index (χ1n) is 7.42. The van der Waals surface area contributed by atoms with E-state index in [2.05, 4.69) is 10.9 Å². The number of hydrogen-bond acceptors (Lipinski definition) is 3. The Morgan fingerprint density at radius 1 is 1.14 bits per heavy atom. The van der Waals surface area contributed by atoms with Crippen molar-refractivity contribution in [3.63, 3.8) is 0 Å². The van der Waals surface area contributed by atoms with E-state index in [-0.39, 0.29) is 12.6 Å². The molecule has 0 aliphatic heterocycles. The van der Waals surface area contributed by atoms with Crippen LogP contribution in [0.25, 0.3) is 11.4 Å². The largest absolute Gasteiger partial charge is 0.416 e. The zero-order valence-electron chi connectivity index (χ0n) is 14.1. The van der Waals surface area contributed by atoms with Crippen LogP contribution in [0.1, 0.15) is 21.5 Å². The number of terminal acetylenes is 1. The number of halogens is 6. The van der Waals surface area contributed by atoms with E-state index in [0.29, 0.717) is 12.1 Å². The minimum Gasteiger partial charge on any atom is -0.330 e. The summed E-state index contributed by atoms with van der Waals surface area (Å²) in [6.07, 6.45) is -4.29. The fraction of sp³-hybridized carbons (Fsp3) is 0.235. The van der Waals surface area contributed by atoms with Gasteiger partial charge in [0.05, 0.1) is 17.7 Å². The second kappa shape index (κ2) is 7.38. The standard InChI is InChI=1S/C17H11F6N3O2/c1-3-4-26(2)15(28)12-8-24-13(25-14(12)27)9-5-10(16(18,19)20)7-11(6-9)17(21,22)23/h1,5-8H,4H2,2H3,(H,24,25,27). The molecule has 0 saturated heterocycles. The number of benzene rings is 1. The number of carbonyl (C=O) groups is 1. The summed E-state index contributed by atoms with van der Waals surface area (Å²) in [7, 11) is 1.30. The molecule has 2 rings (SSSR count). The fourth-order valence-corrected chi connectivity index (χ4v) is 2.20. The number of nitrogens with zero attached hydrogens (tertiary/aromatic N) is 2. The Balaban J connectivity index is 2.57. The van der Waals surface area contributed by atoms with Gasteiger partial charge in [-0.2, -0.15) is 26.3 Å². The number of H-pyrrole nitrogens is 1. The molecule has 0 atom stereocenters. The lowest BCUT2D eigenvalue weighted by Gasteiger charge is -2.15. The van der Waals surface area contributed by atoms with Crippen LogP contribution in [0, 0.1) is 12.3 Å². The minimum absolute atomic E-state index is 0.0473. The maximum Gasteiger partial charge on any atom is 0.416 e. The first-order valence-corrected chi connectivity index (χ1v) is 7.42. The minimum atomic E-state index is -5.05. The highest BCUT2D eigenvalue weighted by Gasteiger charge is 2.37. The van der Waals surface area contributed by atoms with Crippen LogP contribution in [0.15, 0.2) is 29.2 Å². The van der Waals surface area contributed by atoms with Gasteiger partial charge in [0, 0.05) is 18.8 Å². The molecule has 0 aliphatic carbocycles. The lowest BCUT2D eigenvalue weighted by molar-refractivity contribution is -0.143. The molecular formula is C17H11F6N3O2. The van der Waals surface area contributed by atoms with Crippen molar-refractivity contribution in [1.29, 1.82) is 0 Å². The van der Waals surface area contributed by atoms with E-state index in [0.717, 1.165) is 11.1 Å². The van der Waals surface area contributed by atoms with Gasteiger partial charge in [-0.05, 0) is 18.2 Å². The van der Waals surface area contributed by atoms with Crippen molar-refractivity contribution in [3.05, 3.63) is 51.4 Å². The predicted molar refractivity (Wildman–Crippen MR) is 86.1 cm³/mol. The Bertz CT molecular complexity index is 969. The number of hydrogen-bond donors (Lipinski definition) is 1. The molecule has 0 spiro atoms. The molecule has 1 aromatic heterocycles. The van der Waals surface area contributed by atoms with Gasteiger partial charge in [-0.15, -0.1) is 6.42 Å². The summed E-state index contributed by atoms with van der Waals surface area (Å²) < 4.78 is 77.6. The van der Waals surface area contributed by atoms with Gasteiger partial charge in [0.2, 0.25) is 0 Å². The number of aromatic amines is 1. The summed E-state index contributed by atoms with van der Waals surface area (Å²) in [4.78, 5) is 30.8. The monoisotopic (exact) mass is 403 g/mol. The quantitative estimate of drug-likeness (QED) is 0.633. The van der Waals surface area contributed by atoms with Gasteiger partial charge in [-0.1, -0.05) is 5.92 Å². The van der Waals surface area contributed by atoms with Crippen LogP contribution in [0.2, 0.25) is 0 Å². The van der Waals surface area contributed by atoms with Gasteiger partial charge >= 0.3 is 12.4 Å². The number of carbonyl (C=O) groups excluding carboxylic acids is 1. The molecule has 11 heteroatoms. The molecule has 5 nitrogen and oxygen atoms in total. The van der Waals surface area contributed by atoms with Crippen molar-refractivity contribution in [2.45, 2.75) is 12.4 Å². The molecule has 0 unspecified atom stereocenters. The molecule has 1 amide bonds. The molecule has 0 saturated carbocycles. The van der Waals surface area contributed by atoms with E-state index in [1.54, 1.807) is 0 Å². The van der Waals surface area contributed by atoms with Gasteiger partial charge in [0.15, 0.2) is 0 Å². The number of aromatic nitrogens is 2. The first-order chi connectivity index (χ1) is 12.8. The van der Waals surface area contributed by atoms with Crippen molar-refractivity contribution < 1.29 is 31.1 Å². The van der Waals surface area contributed by atoms with Crippen LogP contribution < -0.4 is 5.56 Å². The summed E-state index contributed by atoms with van der Waals surface area (Å²) >= 11 is 0. The highest BCUT2D eigenvalue weighted by atomic mass is 19.4. The van der Waals surface area contributed by atoms with Gasteiger partial charge in [-0.25, -0.2) is 4.98 Å². The normalized spacial score (nSPS) is 11.8. The molecule has 28 heavy (non-hydrogen) atoms. The average molecular weight is 403 g/mol. The number of amides is 1. The third kappa shape index (κ3) is 4.51. The van der Waals surface area contributed by atoms with Gasteiger partial charge < -0.3 is 9.88 Å². The Morgan fingerprint density at radius 3 is 2.11 bits per heavy atom. The average Bonchev–Trinajstić information content (AvgIpc) is 2.59. The van der Waals surface area contributed by atoms with Crippen LogP contribution in [0.3, 0.4) is 0 Å². The van der Waals surface area contributed by atoms with Crippen LogP contribution in [0.4, 0.5) is 26.3 Å².